The molecule has 2 N–H and O–H groups in total. The minimum absolute atomic E-state index is 0.0972. The SMILES string of the molecule is CCCCNC(=O)NC1CC(=O)N(C)C(=O)N1C. The molecule has 0 aromatic carbocycles. The zero-order valence-electron chi connectivity index (χ0n) is 11.0. The average Bonchev–Trinajstić information content (AvgIpc) is 2.33. The molecule has 1 unspecified atom stereocenters. The Kier molecular flexibility index (Phi) is 4.94. The predicted molar refractivity (Wildman–Crippen MR) is 65.8 cm³/mol. The van der Waals surface area contributed by atoms with Crippen molar-refractivity contribution in [2.45, 2.75) is 32.4 Å². The third-order valence-electron chi connectivity index (χ3n) is 2.91. The summed E-state index contributed by atoms with van der Waals surface area (Å²) in [5, 5.41) is 5.30. The second kappa shape index (κ2) is 6.23. The number of amides is 5. The Balaban J connectivity index is 2.48. The maximum absolute atomic E-state index is 11.6. The van der Waals surface area contributed by atoms with Crippen molar-refractivity contribution in [3.05, 3.63) is 0 Å². The van der Waals surface area contributed by atoms with Gasteiger partial charge in [-0.3, -0.25) is 9.69 Å². The second-order valence-electron chi connectivity index (χ2n) is 4.32. The van der Waals surface area contributed by atoms with E-state index < -0.39 is 12.2 Å². The number of unbranched alkanes of at least 4 members (excludes halogenated alkanes) is 1. The van der Waals surface area contributed by atoms with Crippen LogP contribution in [0.5, 0.6) is 0 Å². The smallest absolute Gasteiger partial charge is 0.327 e. The highest BCUT2D eigenvalue weighted by atomic mass is 16.2. The second-order valence-corrected chi connectivity index (χ2v) is 4.32. The number of urea groups is 2. The molecule has 0 aliphatic carbocycles. The third-order valence-corrected chi connectivity index (χ3v) is 2.91. The van der Waals surface area contributed by atoms with Gasteiger partial charge in [-0.1, -0.05) is 13.3 Å². The van der Waals surface area contributed by atoms with Crippen LogP contribution in [0.3, 0.4) is 0 Å². The van der Waals surface area contributed by atoms with Gasteiger partial charge in [0.15, 0.2) is 0 Å². The largest absolute Gasteiger partial charge is 0.338 e. The molecule has 102 valence electrons. The average molecular weight is 256 g/mol. The summed E-state index contributed by atoms with van der Waals surface area (Å²) in [7, 11) is 2.99. The van der Waals surface area contributed by atoms with E-state index in [4.69, 9.17) is 0 Å². The van der Waals surface area contributed by atoms with Gasteiger partial charge in [-0.25, -0.2) is 9.59 Å². The summed E-state index contributed by atoms with van der Waals surface area (Å²) in [5.74, 6) is -0.294. The molecule has 7 heteroatoms. The Labute approximate surface area is 106 Å². The summed E-state index contributed by atoms with van der Waals surface area (Å²) < 4.78 is 0. The molecule has 1 atom stereocenters. The van der Waals surface area contributed by atoms with Crippen molar-refractivity contribution < 1.29 is 14.4 Å². The molecule has 1 rings (SSSR count). The first kappa shape index (κ1) is 14.3. The number of carbonyl (C=O) groups is 3. The minimum Gasteiger partial charge on any atom is -0.338 e. The van der Waals surface area contributed by atoms with Crippen molar-refractivity contribution >= 4 is 18.0 Å². The topological polar surface area (TPSA) is 81.8 Å². The molecule has 0 aromatic heterocycles. The van der Waals surface area contributed by atoms with Gasteiger partial charge in [-0.2, -0.15) is 0 Å². The molecule has 7 nitrogen and oxygen atoms in total. The van der Waals surface area contributed by atoms with Crippen LogP contribution < -0.4 is 10.6 Å². The first-order chi connectivity index (χ1) is 8.47. The molecule has 0 saturated carbocycles. The molecule has 1 saturated heterocycles. The van der Waals surface area contributed by atoms with E-state index in [0.717, 1.165) is 17.7 Å². The highest BCUT2D eigenvalue weighted by Gasteiger charge is 2.34. The Hall–Kier alpha value is -1.79. The molecule has 0 aromatic rings. The van der Waals surface area contributed by atoms with Crippen LogP contribution >= 0.6 is 0 Å². The normalized spacial score (nSPS) is 20.1. The summed E-state index contributed by atoms with van der Waals surface area (Å²) in [6, 6.07) is -0.768. The van der Waals surface area contributed by atoms with E-state index in [2.05, 4.69) is 10.6 Å². The van der Waals surface area contributed by atoms with Crippen molar-refractivity contribution in [1.82, 2.24) is 20.4 Å². The monoisotopic (exact) mass is 256 g/mol. The van der Waals surface area contributed by atoms with Crippen LogP contribution in [-0.2, 0) is 4.79 Å². The molecular formula is C11H20N4O3. The number of hydrogen-bond donors (Lipinski definition) is 2. The Bertz CT molecular complexity index is 345. The number of rotatable bonds is 4. The summed E-state index contributed by atoms with van der Waals surface area (Å²) in [6.07, 6.45) is 1.41. The number of nitrogens with zero attached hydrogens (tertiary/aromatic N) is 2. The van der Waals surface area contributed by atoms with Crippen LogP contribution in [0.4, 0.5) is 9.59 Å². The van der Waals surface area contributed by atoms with Gasteiger partial charge in [-0.15, -0.1) is 0 Å². The van der Waals surface area contributed by atoms with Crippen LogP contribution in [0.25, 0.3) is 0 Å². The van der Waals surface area contributed by atoms with Gasteiger partial charge in [0.05, 0.1) is 6.42 Å². The van der Waals surface area contributed by atoms with E-state index in [9.17, 15) is 14.4 Å². The zero-order chi connectivity index (χ0) is 13.7. The van der Waals surface area contributed by atoms with Gasteiger partial charge >= 0.3 is 12.1 Å². The number of hydrogen-bond acceptors (Lipinski definition) is 3. The van der Waals surface area contributed by atoms with E-state index in [1.54, 1.807) is 7.05 Å². The van der Waals surface area contributed by atoms with Gasteiger partial charge in [0, 0.05) is 20.6 Å². The third kappa shape index (κ3) is 3.35. The molecule has 0 radical (unpaired) electrons. The first-order valence-electron chi connectivity index (χ1n) is 6.05. The summed E-state index contributed by atoms with van der Waals surface area (Å²) in [5.41, 5.74) is 0. The summed E-state index contributed by atoms with van der Waals surface area (Å²) >= 11 is 0. The lowest BCUT2D eigenvalue weighted by atomic mass is 10.2. The molecule has 1 aliphatic rings. The van der Waals surface area contributed by atoms with Crippen molar-refractivity contribution in [2.24, 2.45) is 0 Å². The summed E-state index contributed by atoms with van der Waals surface area (Å²) in [4.78, 5) is 37.1. The van der Waals surface area contributed by atoms with Crippen LogP contribution in [0, 0.1) is 0 Å². The van der Waals surface area contributed by atoms with Gasteiger partial charge in [0.1, 0.15) is 6.17 Å². The lowest BCUT2D eigenvalue weighted by Gasteiger charge is -2.36. The van der Waals surface area contributed by atoms with Crippen LogP contribution in [0.2, 0.25) is 0 Å². The van der Waals surface area contributed by atoms with Crippen LogP contribution in [0.1, 0.15) is 26.2 Å². The van der Waals surface area contributed by atoms with E-state index in [1.165, 1.54) is 11.9 Å². The van der Waals surface area contributed by atoms with Crippen molar-refractivity contribution in [3.63, 3.8) is 0 Å². The van der Waals surface area contributed by atoms with Gasteiger partial charge in [-0.05, 0) is 6.42 Å². The molecule has 1 aliphatic heterocycles. The maximum Gasteiger partial charge on any atom is 0.327 e. The predicted octanol–water partition coefficient (Wildman–Crippen LogP) is 0.326. The molecule has 1 fully saturated rings. The fourth-order valence-electron chi connectivity index (χ4n) is 1.64. The van der Waals surface area contributed by atoms with E-state index in [-0.39, 0.29) is 18.4 Å². The van der Waals surface area contributed by atoms with Crippen LogP contribution in [-0.4, -0.2) is 54.6 Å². The van der Waals surface area contributed by atoms with E-state index in [0.29, 0.717) is 6.54 Å². The fraction of sp³-hybridized carbons (Fsp3) is 0.727. The Morgan fingerprint density at radius 2 is 2.06 bits per heavy atom. The number of carbonyl (C=O) groups excluding carboxylic acids is 3. The lowest BCUT2D eigenvalue weighted by Crippen LogP contribution is -2.60. The maximum atomic E-state index is 11.6. The Morgan fingerprint density at radius 1 is 1.39 bits per heavy atom. The van der Waals surface area contributed by atoms with E-state index in [1.807, 2.05) is 6.92 Å². The molecule has 0 spiro atoms. The van der Waals surface area contributed by atoms with Crippen LogP contribution in [0.15, 0.2) is 0 Å². The fourth-order valence-corrected chi connectivity index (χ4v) is 1.64. The lowest BCUT2D eigenvalue weighted by molar-refractivity contribution is -0.131. The molecule has 1 heterocycles. The van der Waals surface area contributed by atoms with Gasteiger partial charge < -0.3 is 15.5 Å². The van der Waals surface area contributed by atoms with Crippen molar-refractivity contribution in [3.8, 4) is 0 Å². The standard InChI is InChI=1S/C11H20N4O3/c1-4-5-6-12-10(17)13-8-7-9(16)15(3)11(18)14(8)2/h8H,4-7H2,1-3H3,(H2,12,13,17). The highest BCUT2D eigenvalue weighted by molar-refractivity contribution is 5.97. The highest BCUT2D eigenvalue weighted by Crippen LogP contribution is 2.11. The van der Waals surface area contributed by atoms with Crippen molar-refractivity contribution in [1.29, 1.82) is 0 Å². The first-order valence-corrected chi connectivity index (χ1v) is 6.05. The van der Waals surface area contributed by atoms with Gasteiger partial charge in [0.2, 0.25) is 5.91 Å². The molecule has 0 bridgehead atoms. The summed E-state index contributed by atoms with van der Waals surface area (Å²) in [6.45, 7) is 2.61. The number of imide groups is 1. The van der Waals surface area contributed by atoms with E-state index >= 15 is 0 Å². The zero-order valence-corrected chi connectivity index (χ0v) is 11.0. The molecular weight excluding hydrogens is 236 g/mol. The quantitative estimate of drug-likeness (QED) is 0.711. The Morgan fingerprint density at radius 3 is 2.67 bits per heavy atom. The minimum atomic E-state index is -0.581. The van der Waals surface area contributed by atoms with Crippen molar-refractivity contribution in [2.75, 3.05) is 20.6 Å². The number of nitrogens with one attached hydrogen (secondary N) is 2. The van der Waals surface area contributed by atoms with Gasteiger partial charge in [0.25, 0.3) is 0 Å². The molecule has 5 amide bonds. The molecule has 18 heavy (non-hydrogen) atoms.